The number of carbonyl (C=O) groups is 1. The lowest BCUT2D eigenvalue weighted by Crippen LogP contribution is -2.40. The maximum Gasteiger partial charge on any atom is 0.338 e. The van der Waals surface area contributed by atoms with Crippen LogP contribution in [-0.4, -0.2) is 38.9 Å². The molecule has 1 aliphatic heterocycles. The number of ether oxygens (including phenoxy) is 3. The molecule has 0 bridgehead atoms. The zero-order chi connectivity index (χ0) is 25.5. The summed E-state index contributed by atoms with van der Waals surface area (Å²) in [5.74, 6) is 0.653. The van der Waals surface area contributed by atoms with E-state index >= 15 is 0 Å². The molecule has 4 aromatic rings. The van der Waals surface area contributed by atoms with Crippen LogP contribution in [0.15, 0.2) is 91.0 Å². The van der Waals surface area contributed by atoms with Gasteiger partial charge in [-0.3, -0.25) is 0 Å². The van der Waals surface area contributed by atoms with E-state index in [0.717, 1.165) is 25.1 Å². The van der Waals surface area contributed by atoms with Crippen molar-refractivity contribution in [3.63, 3.8) is 0 Å². The second-order valence-corrected chi connectivity index (χ2v) is 9.49. The molecule has 0 spiro atoms. The summed E-state index contributed by atoms with van der Waals surface area (Å²) in [6.07, 6.45) is 1.83. The van der Waals surface area contributed by atoms with Crippen LogP contribution >= 0.6 is 12.4 Å². The van der Waals surface area contributed by atoms with Crippen LogP contribution < -0.4 is 10.1 Å². The van der Waals surface area contributed by atoms with Gasteiger partial charge in [0.15, 0.2) is 0 Å². The average molecular weight is 532 g/mol. The van der Waals surface area contributed by atoms with Crippen LogP contribution in [0.25, 0.3) is 10.8 Å². The number of hydrogen-bond donors (Lipinski definition) is 1. The molecule has 5 nitrogen and oxygen atoms in total. The second kappa shape index (κ2) is 13.4. The molecule has 1 heterocycles. The van der Waals surface area contributed by atoms with Gasteiger partial charge < -0.3 is 19.5 Å². The maximum absolute atomic E-state index is 12.3. The first-order valence-corrected chi connectivity index (χ1v) is 12.9. The van der Waals surface area contributed by atoms with Crippen molar-refractivity contribution < 1.29 is 19.0 Å². The van der Waals surface area contributed by atoms with Crippen molar-refractivity contribution in [3.8, 4) is 5.75 Å². The van der Waals surface area contributed by atoms with Crippen LogP contribution in [-0.2, 0) is 22.5 Å². The van der Waals surface area contributed by atoms with Gasteiger partial charge in [-0.05, 0) is 64.7 Å². The van der Waals surface area contributed by atoms with Crippen LogP contribution in [0.3, 0.4) is 0 Å². The third-order valence-electron chi connectivity index (χ3n) is 7.04. The zero-order valence-electron chi connectivity index (χ0n) is 21.6. The fraction of sp³-hybridized carbons (Fsp3) is 0.281. The molecule has 1 N–H and O–H groups in total. The third-order valence-corrected chi connectivity index (χ3v) is 7.04. The predicted octanol–water partition coefficient (Wildman–Crippen LogP) is 6.33. The zero-order valence-corrected chi connectivity index (χ0v) is 22.4. The summed E-state index contributed by atoms with van der Waals surface area (Å²) in [4.78, 5) is 12.3. The molecule has 6 heteroatoms. The molecule has 0 amide bonds. The van der Waals surface area contributed by atoms with Crippen LogP contribution in [0.5, 0.6) is 5.75 Å². The number of halogens is 1. The van der Waals surface area contributed by atoms with Crippen LogP contribution in [0, 0.1) is 0 Å². The molecule has 2 unspecified atom stereocenters. The van der Waals surface area contributed by atoms with Crippen molar-refractivity contribution >= 4 is 29.1 Å². The number of methoxy groups -OCH3 is 1. The largest absolute Gasteiger partial charge is 0.497 e. The smallest absolute Gasteiger partial charge is 0.338 e. The fourth-order valence-corrected chi connectivity index (χ4v) is 4.94. The Morgan fingerprint density at radius 3 is 2.50 bits per heavy atom. The van der Waals surface area contributed by atoms with E-state index in [-0.39, 0.29) is 24.5 Å². The molecule has 1 aliphatic rings. The van der Waals surface area contributed by atoms with Crippen molar-refractivity contribution in [2.45, 2.75) is 31.5 Å². The Kier molecular flexibility index (Phi) is 9.77. The van der Waals surface area contributed by atoms with E-state index in [4.69, 9.17) is 14.2 Å². The topological polar surface area (TPSA) is 56.8 Å². The van der Waals surface area contributed by atoms with Gasteiger partial charge in [-0.2, -0.15) is 0 Å². The molecule has 198 valence electrons. The number of piperidine rings is 1. The number of rotatable bonds is 9. The molecule has 4 aromatic carbocycles. The summed E-state index contributed by atoms with van der Waals surface area (Å²) in [5.41, 5.74) is 4.13. The Morgan fingerprint density at radius 2 is 1.68 bits per heavy atom. The molecule has 1 fully saturated rings. The van der Waals surface area contributed by atoms with Crippen molar-refractivity contribution in [2.24, 2.45) is 0 Å². The summed E-state index contributed by atoms with van der Waals surface area (Å²) in [6.45, 7) is 2.77. The Balaban J connectivity index is 0.00000336. The van der Waals surface area contributed by atoms with E-state index < -0.39 is 0 Å². The van der Waals surface area contributed by atoms with E-state index in [9.17, 15) is 4.79 Å². The van der Waals surface area contributed by atoms with Crippen molar-refractivity contribution in [1.82, 2.24) is 5.32 Å². The molecule has 38 heavy (non-hydrogen) atoms. The van der Waals surface area contributed by atoms with Gasteiger partial charge in [0.1, 0.15) is 5.75 Å². The fourth-order valence-electron chi connectivity index (χ4n) is 4.94. The lowest BCUT2D eigenvalue weighted by Gasteiger charge is -2.32. The van der Waals surface area contributed by atoms with Crippen molar-refractivity contribution in [1.29, 1.82) is 0 Å². The predicted molar refractivity (Wildman–Crippen MR) is 153 cm³/mol. The minimum atomic E-state index is -0.336. The molecule has 0 aromatic heterocycles. The highest BCUT2D eigenvalue weighted by Gasteiger charge is 2.27. The number of carbonyl (C=O) groups excluding carboxylic acids is 1. The first kappa shape index (κ1) is 27.6. The number of benzene rings is 4. The summed E-state index contributed by atoms with van der Waals surface area (Å²) < 4.78 is 17.1. The summed E-state index contributed by atoms with van der Waals surface area (Å²) in [5, 5.41) is 5.98. The molecule has 2 atom stereocenters. The van der Waals surface area contributed by atoms with E-state index in [2.05, 4.69) is 72.0 Å². The van der Waals surface area contributed by atoms with Gasteiger partial charge in [0.2, 0.25) is 0 Å². The minimum absolute atomic E-state index is 0. The molecule has 1 saturated heterocycles. The van der Waals surface area contributed by atoms with Gasteiger partial charge in [0.25, 0.3) is 0 Å². The van der Waals surface area contributed by atoms with Gasteiger partial charge in [-0.25, -0.2) is 4.79 Å². The van der Waals surface area contributed by atoms with E-state index in [1.54, 1.807) is 31.4 Å². The van der Waals surface area contributed by atoms with E-state index in [0.29, 0.717) is 36.9 Å². The highest BCUT2D eigenvalue weighted by molar-refractivity contribution is 5.89. The van der Waals surface area contributed by atoms with Crippen LogP contribution in [0.4, 0.5) is 0 Å². The lowest BCUT2D eigenvalue weighted by atomic mass is 9.87. The van der Waals surface area contributed by atoms with Gasteiger partial charge >= 0.3 is 5.97 Å². The molecule has 5 rings (SSSR count). The summed E-state index contributed by atoms with van der Waals surface area (Å²) in [6, 6.07) is 30.6. The Labute approximate surface area is 230 Å². The maximum atomic E-state index is 12.3. The van der Waals surface area contributed by atoms with Crippen LogP contribution in [0.1, 0.15) is 39.4 Å². The number of esters is 1. The first-order chi connectivity index (χ1) is 18.2. The number of fused-ring (bicyclic) bond motifs is 1. The Hall–Kier alpha value is -3.38. The molecular formula is C32H34ClNO4. The van der Waals surface area contributed by atoms with Crippen molar-refractivity contribution in [2.75, 3.05) is 26.8 Å². The Bertz CT molecular complexity index is 1340. The van der Waals surface area contributed by atoms with Gasteiger partial charge in [0.05, 0.1) is 32.0 Å². The minimum Gasteiger partial charge on any atom is -0.497 e. The first-order valence-electron chi connectivity index (χ1n) is 12.9. The molecule has 0 aliphatic carbocycles. The van der Waals surface area contributed by atoms with E-state index in [1.807, 2.05) is 0 Å². The Morgan fingerprint density at radius 1 is 0.895 bits per heavy atom. The second-order valence-electron chi connectivity index (χ2n) is 9.49. The summed E-state index contributed by atoms with van der Waals surface area (Å²) in [7, 11) is 1.58. The van der Waals surface area contributed by atoms with Gasteiger partial charge in [-0.1, -0.05) is 66.7 Å². The third kappa shape index (κ3) is 6.93. The number of nitrogens with one attached hydrogen (secondary N) is 1. The highest BCUT2D eigenvalue weighted by Crippen LogP contribution is 2.29. The number of hydrogen-bond acceptors (Lipinski definition) is 5. The monoisotopic (exact) mass is 531 g/mol. The summed E-state index contributed by atoms with van der Waals surface area (Å²) >= 11 is 0. The standard InChI is InChI=1S/C32H33NO4.ClH/c1-35-29-8-4-7-28(20-29)32(34)36-18-16-23-9-13-26(14-10-23)30-15-17-33-21-31(30)37-22-24-11-12-25-5-2-3-6-27(25)19-24;/h2-14,19-20,30-31,33H,15-18,21-22H2,1H3;1H. The average Bonchev–Trinajstić information content (AvgIpc) is 2.96. The normalized spacial score (nSPS) is 17.0. The van der Waals surface area contributed by atoms with Gasteiger partial charge in [0, 0.05) is 18.9 Å². The van der Waals surface area contributed by atoms with Crippen molar-refractivity contribution in [3.05, 3.63) is 113 Å². The molecule has 0 radical (unpaired) electrons. The van der Waals surface area contributed by atoms with Crippen LogP contribution in [0.2, 0.25) is 0 Å². The molecular weight excluding hydrogens is 498 g/mol. The van der Waals surface area contributed by atoms with E-state index in [1.165, 1.54) is 21.9 Å². The highest BCUT2D eigenvalue weighted by atomic mass is 35.5. The van der Waals surface area contributed by atoms with Gasteiger partial charge in [-0.15, -0.1) is 12.4 Å². The SMILES string of the molecule is COc1cccc(C(=O)OCCc2ccc(C3CCNCC3OCc3ccc4ccccc4c3)cc2)c1.Cl. The molecule has 0 saturated carbocycles. The quantitative estimate of drug-likeness (QED) is 0.256. The lowest BCUT2D eigenvalue weighted by molar-refractivity contribution is 0.0106.